The molecule has 1 aromatic rings. The second kappa shape index (κ2) is 5.14. The molecule has 0 heterocycles. The molecule has 70 valence electrons. The van der Waals surface area contributed by atoms with Gasteiger partial charge in [0.25, 0.3) is 0 Å². The fraction of sp³-hybridized carbons (Fsp3) is 0.300. The van der Waals surface area contributed by atoms with E-state index in [0.29, 0.717) is 11.9 Å². The standard InChI is InChI=1S/C10H11BrO2/c1-13-7-8-2-4-9(5-3-8)10(12)6-11/h2-5H,6-7H2,1H3. The Kier molecular flexibility index (Phi) is 4.12. The Hall–Kier alpha value is -0.670. The highest BCUT2D eigenvalue weighted by Gasteiger charge is 2.02. The second-order valence-corrected chi connectivity index (χ2v) is 3.25. The van der Waals surface area contributed by atoms with Crippen LogP contribution < -0.4 is 0 Å². The van der Waals surface area contributed by atoms with Gasteiger partial charge in [-0.15, -0.1) is 0 Å². The van der Waals surface area contributed by atoms with Crippen LogP contribution in [0.3, 0.4) is 0 Å². The van der Waals surface area contributed by atoms with Crippen molar-refractivity contribution < 1.29 is 9.53 Å². The average Bonchev–Trinajstić information content (AvgIpc) is 2.18. The maximum Gasteiger partial charge on any atom is 0.173 e. The lowest BCUT2D eigenvalue weighted by atomic mass is 10.1. The normalized spacial score (nSPS) is 10.0. The number of alkyl halides is 1. The number of Topliss-reactive ketones (excluding diaryl/α,β-unsaturated/α-hetero) is 1. The summed E-state index contributed by atoms with van der Waals surface area (Å²) >= 11 is 3.13. The van der Waals surface area contributed by atoms with Gasteiger partial charge in [0.05, 0.1) is 11.9 Å². The van der Waals surface area contributed by atoms with Crippen molar-refractivity contribution in [1.82, 2.24) is 0 Å². The van der Waals surface area contributed by atoms with Crippen LogP contribution in [0.15, 0.2) is 24.3 Å². The van der Waals surface area contributed by atoms with E-state index in [9.17, 15) is 4.79 Å². The molecule has 0 fully saturated rings. The molecule has 0 aliphatic rings. The molecule has 3 heteroatoms. The van der Waals surface area contributed by atoms with Crippen LogP contribution in [0.25, 0.3) is 0 Å². The number of halogens is 1. The molecule has 2 nitrogen and oxygen atoms in total. The van der Waals surface area contributed by atoms with Gasteiger partial charge in [0, 0.05) is 12.7 Å². The summed E-state index contributed by atoms with van der Waals surface area (Å²) in [4.78, 5) is 11.2. The summed E-state index contributed by atoms with van der Waals surface area (Å²) in [7, 11) is 1.65. The first-order chi connectivity index (χ1) is 6.27. The van der Waals surface area contributed by atoms with E-state index >= 15 is 0 Å². The van der Waals surface area contributed by atoms with Crippen molar-refractivity contribution >= 4 is 21.7 Å². The molecule has 13 heavy (non-hydrogen) atoms. The first-order valence-electron chi connectivity index (χ1n) is 3.95. The number of methoxy groups -OCH3 is 1. The fourth-order valence-corrected chi connectivity index (χ4v) is 1.35. The Morgan fingerprint density at radius 3 is 2.46 bits per heavy atom. The maximum atomic E-state index is 11.2. The third-order valence-corrected chi connectivity index (χ3v) is 2.22. The second-order valence-electron chi connectivity index (χ2n) is 2.69. The van der Waals surface area contributed by atoms with Crippen molar-refractivity contribution in [2.45, 2.75) is 6.61 Å². The first kappa shape index (κ1) is 10.4. The van der Waals surface area contributed by atoms with Gasteiger partial charge in [0.15, 0.2) is 5.78 Å². The quantitative estimate of drug-likeness (QED) is 0.599. The molecule has 1 aromatic carbocycles. The van der Waals surface area contributed by atoms with Gasteiger partial charge in [0.1, 0.15) is 0 Å². The van der Waals surface area contributed by atoms with E-state index in [2.05, 4.69) is 15.9 Å². The van der Waals surface area contributed by atoms with Crippen LogP contribution in [0.4, 0.5) is 0 Å². The van der Waals surface area contributed by atoms with Crippen LogP contribution in [-0.2, 0) is 11.3 Å². The summed E-state index contributed by atoms with van der Waals surface area (Å²) in [5.41, 5.74) is 1.81. The predicted molar refractivity (Wildman–Crippen MR) is 55.3 cm³/mol. The number of ketones is 1. The van der Waals surface area contributed by atoms with Crippen LogP contribution in [0.5, 0.6) is 0 Å². The number of rotatable bonds is 4. The lowest BCUT2D eigenvalue weighted by Gasteiger charge is -2.00. The van der Waals surface area contributed by atoms with Crippen molar-refractivity contribution in [3.8, 4) is 0 Å². The number of hydrogen-bond donors (Lipinski definition) is 0. The third kappa shape index (κ3) is 2.94. The van der Waals surface area contributed by atoms with E-state index < -0.39 is 0 Å². The van der Waals surface area contributed by atoms with E-state index in [-0.39, 0.29) is 5.78 Å². The van der Waals surface area contributed by atoms with Crippen LogP contribution in [0.2, 0.25) is 0 Å². The topological polar surface area (TPSA) is 26.3 Å². The van der Waals surface area contributed by atoms with Gasteiger partial charge in [-0.3, -0.25) is 4.79 Å². The largest absolute Gasteiger partial charge is 0.380 e. The van der Waals surface area contributed by atoms with Gasteiger partial charge >= 0.3 is 0 Å². The molecule has 0 unspecified atom stereocenters. The highest BCUT2D eigenvalue weighted by Crippen LogP contribution is 2.07. The summed E-state index contributed by atoms with van der Waals surface area (Å²) in [6.07, 6.45) is 0. The fourth-order valence-electron chi connectivity index (χ4n) is 1.03. The Morgan fingerprint density at radius 2 is 2.00 bits per heavy atom. The van der Waals surface area contributed by atoms with Crippen molar-refractivity contribution in [3.05, 3.63) is 35.4 Å². The van der Waals surface area contributed by atoms with Crippen molar-refractivity contribution in [2.75, 3.05) is 12.4 Å². The van der Waals surface area contributed by atoms with E-state index in [1.54, 1.807) is 7.11 Å². The molecule has 0 radical (unpaired) electrons. The van der Waals surface area contributed by atoms with Gasteiger partial charge < -0.3 is 4.74 Å². The Labute approximate surface area is 86.0 Å². The van der Waals surface area contributed by atoms with Gasteiger partial charge in [-0.05, 0) is 5.56 Å². The summed E-state index contributed by atoms with van der Waals surface area (Å²) in [5, 5.41) is 0.372. The van der Waals surface area contributed by atoms with Crippen LogP contribution in [0.1, 0.15) is 15.9 Å². The lowest BCUT2D eigenvalue weighted by Crippen LogP contribution is -1.99. The summed E-state index contributed by atoms with van der Waals surface area (Å²) in [6.45, 7) is 0.586. The molecule has 0 atom stereocenters. The molecular weight excluding hydrogens is 232 g/mol. The molecule has 0 aliphatic carbocycles. The predicted octanol–water partition coefficient (Wildman–Crippen LogP) is 2.41. The van der Waals surface area contributed by atoms with Crippen LogP contribution in [-0.4, -0.2) is 18.2 Å². The number of ether oxygens (including phenoxy) is 1. The molecule has 0 aliphatic heterocycles. The van der Waals surface area contributed by atoms with Crippen LogP contribution >= 0.6 is 15.9 Å². The molecule has 0 saturated heterocycles. The Balaban J connectivity index is 2.75. The molecule has 0 aromatic heterocycles. The minimum Gasteiger partial charge on any atom is -0.380 e. The third-order valence-electron chi connectivity index (χ3n) is 1.71. The number of benzene rings is 1. The summed E-state index contributed by atoms with van der Waals surface area (Å²) in [5.74, 6) is 0.101. The first-order valence-corrected chi connectivity index (χ1v) is 5.07. The molecule has 0 amide bonds. The SMILES string of the molecule is COCc1ccc(C(=O)CBr)cc1. The van der Waals surface area contributed by atoms with Gasteiger partial charge in [-0.2, -0.15) is 0 Å². The Morgan fingerprint density at radius 1 is 1.38 bits per heavy atom. The smallest absolute Gasteiger partial charge is 0.173 e. The number of carbonyl (C=O) groups is 1. The lowest BCUT2D eigenvalue weighted by molar-refractivity contribution is 0.102. The molecular formula is C10H11BrO2. The maximum absolute atomic E-state index is 11.2. The minimum atomic E-state index is 0.101. The molecule has 0 saturated carbocycles. The number of hydrogen-bond acceptors (Lipinski definition) is 2. The zero-order valence-corrected chi connectivity index (χ0v) is 9.00. The van der Waals surface area contributed by atoms with E-state index in [1.807, 2.05) is 24.3 Å². The Bertz CT molecular complexity index is 279. The molecule has 0 spiro atoms. The van der Waals surface area contributed by atoms with Gasteiger partial charge in [-0.1, -0.05) is 40.2 Å². The molecule has 0 bridgehead atoms. The minimum absolute atomic E-state index is 0.101. The molecule has 1 rings (SSSR count). The monoisotopic (exact) mass is 242 g/mol. The highest BCUT2D eigenvalue weighted by atomic mass is 79.9. The van der Waals surface area contributed by atoms with E-state index in [1.165, 1.54) is 0 Å². The van der Waals surface area contributed by atoms with Crippen molar-refractivity contribution in [2.24, 2.45) is 0 Å². The van der Waals surface area contributed by atoms with E-state index in [0.717, 1.165) is 11.1 Å². The molecule has 0 N–H and O–H groups in total. The zero-order chi connectivity index (χ0) is 9.68. The summed E-state index contributed by atoms with van der Waals surface area (Å²) in [6, 6.07) is 7.44. The average molecular weight is 243 g/mol. The number of carbonyl (C=O) groups excluding carboxylic acids is 1. The summed E-state index contributed by atoms with van der Waals surface area (Å²) < 4.78 is 4.96. The van der Waals surface area contributed by atoms with E-state index in [4.69, 9.17) is 4.74 Å². The van der Waals surface area contributed by atoms with Crippen molar-refractivity contribution in [1.29, 1.82) is 0 Å². The highest BCUT2D eigenvalue weighted by molar-refractivity contribution is 9.09. The zero-order valence-electron chi connectivity index (χ0n) is 7.42. The van der Waals surface area contributed by atoms with Crippen molar-refractivity contribution in [3.63, 3.8) is 0 Å². The van der Waals surface area contributed by atoms with Gasteiger partial charge in [0.2, 0.25) is 0 Å². The van der Waals surface area contributed by atoms with Gasteiger partial charge in [-0.25, -0.2) is 0 Å². The van der Waals surface area contributed by atoms with Crippen LogP contribution in [0, 0.1) is 0 Å².